The number of anilines is 1. The fourth-order valence-corrected chi connectivity index (χ4v) is 2.65. The second-order valence-corrected chi connectivity index (χ2v) is 5.48. The standard InChI is InChI=1S/C12H11FN2OS2/c1-8-6-12(18-15-8)14-11(16)7-17-10-4-2-9(13)3-5-10/h2-6H,7H2,1H3,(H,14,16). The first kappa shape index (κ1) is 13.0. The number of carbonyl (C=O) groups is 1. The van der Waals surface area contributed by atoms with E-state index in [1.807, 2.05) is 13.0 Å². The van der Waals surface area contributed by atoms with Crippen LogP contribution < -0.4 is 5.32 Å². The minimum absolute atomic E-state index is 0.0898. The van der Waals surface area contributed by atoms with Crippen molar-refractivity contribution in [2.24, 2.45) is 0 Å². The predicted octanol–water partition coefficient (Wildman–Crippen LogP) is 3.32. The van der Waals surface area contributed by atoms with Gasteiger partial charge in [-0.25, -0.2) is 4.39 Å². The van der Waals surface area contributed by atoms with Crippen LogP contribution in [0.1, 0.15) is 5.69 Å². The van der Waals surface area contributed by atoms with Crippen molar-refractivity contribution >= 4 is 34.2 Å². The molecule has 1 heterocycles. The summed E-state index contributed by atoms with van der Waals surface area (Å²) < 4.78 is 16.8. The Hall–Kier alpha value is -1.40. The van der Waals surface area contributed by atoms with Gasteiger partial charge in [0.15, 0.2) is 0 Å². The number of rotatable bonds is 4. The molecule has 1 aromatic carbocycles. The average Bonchev–Trinajstić information content (AvgIpc) is 2.74. The number of hydrogen-bond donors (Lipinski definition) is 1. The highest BCUT2D eigenvalue weighted by Crippen LogP contribution is 2.20. The Bertz CT molecular complexity index is 539. The largest absolute Gasteiger partial charge is 0.316 e. The third-order valence-electron chi connectivity index (χ3n) is 2.07. The van der Waals surface area contributed by atoms with Crippen LogP contribution in [0, 0.1) is 12.7 Å². The second-order valence-electron chi connectivity index (χ2n) is 3.62. The Morgan fingerprint density at radius 2 is 2.17 bits per heavy atom. The Labute approximate surface area is 113 Å². The lowest BCUT2D eigenvalue weighted by Gasteiger charge is -2.02. The van der Waals surface area contributed by atoms with Crippen molar-refractivity contribution in [3.05, 3.63) is 41.8 Å². The van der Waals surface area contributed by atoms with Gasteiger partial charge in [-0.3, -0.25) is 4.79 Å². The Morgan fingerprint density at radius 3 is 2.78 bits per heavy atom. The first-order chi connectivity index (χ1) is 8.63. The number of nitrogens with one attached hydrogen (secondary N) is 1. The summed E-state index contributed by atoms with van der Waals surface area (Å²) in [4.78, 5) is 12.5. The Balaban J connectivity index is 1.83. The fraction of sp³-hybridized carbons (Fsp3) is 0.167. The predicted molar refractivity (Wildman–Crippen MR) is 72.6 cm³/mol. The number of benzene rings is 1. The molecular formula is C12H11FN2OS2. The van der Waals surface area contributed by atoms with E-state index in [1.165, 1.54) is 35.4 Å². The summed E-state index contributed by atoms with van der Waals surface area (Å²) in [6, 6.07) is 7.90. The average molecular weight is 282 g/mol. The van der Waals surface area contributed by atoms with Crippen LogP contribution in [0.3, 0.4) is 0 Å². The quantitative estimate of drug-likeness (QED) is 0.875. The summed E-state index contributed by atoms with van der Waals surface area (Å²) >= 11 is 2.63. The normalized spacial score (nSPS) is 10.3. The van der Waals surface area contributed by atoms with Crippen molar-refractivity contribution in [2.75, 3.05) is 11.1 Å². The Kier molecular flexibility index (Phi) is 4.33. The van der Waals surface area contributed by atoms with Crippen LogP contribution in [0.2, 0.25) is 0 Å². The highest BCUT2D eigenvalue weighted by molar-refractivity contribution is 8.00. The lowest BCUT2D eigenvalue weighted by molar-refractivity contribution is -0.113. The molecule has 1 aromatic heterocycles. The molecule has 0 aliphatic heterocycles. The molecule has 6 heteroatoms. The minimum atomic E-state index is -0.274. The maximum atomic E-state index is 12.7. The maximum absolute atomic E-state index is 12.7. The summed E-state index contributed by atoms with van der Waals surface area (Å²) in [5, 5.41) is 3.51. The van der Waals surface area contributed by atoms with Gasteiger partial charge in [0.1, 0.15) is 10.8 Å². The zero-order valence-corrected chi connectivity index (χ0v) is 11.3. The summed E-state index contributed by atoms with van der Waals surface area (Å²) in [5.74, 6) is -0.0697. The van der Waals surface area contributed by atoms with E-state index in [-0.39, 0.29) is 11.7 Å². The SMILES string of the molecule is Cc1cc(NC(=O)CSc2ccc(F)cc2)sn1. The Morgan fingerprint density at radius 1 is 1.44 bits per heavy atom. The van der Waals surface area contributed by atoms with Crippen molar-refractivity contribution < 1.29 is 9.18 Å². The van der Waals surface area contributed by atoms with Crippen LogP contribution in [0.4, 0.5) is 9.39 Å². The molecule has 0 saturated heterocycles. The molecule has 0 radical (unpaired) electrons. The van der Waals surface area contributed by atoms with E-state index in [1.54, 1.807) is 12.1 Å². The van der Waals surface area contributed by atoms with Crippen LogP contribution in [0.25, 0.3) is 0 Å². The summed E-state index contributed by atoms with van der Waals surface area (Å²) in [6.07, 6.45) is 0. The molecule has 94 valence electrons. The zero-order chi connectivity index (χ0) is 13.0. The van der Waals surface area contributed by atoms with Crippen molar-refractivity contribution in [3.8, 4) is 0 Å². The van der Waals surface area contributed by atoms with Crippen LogP contribution in [-0.2, 0) is 4.79 Å². The topological polar surface area (TPSA) is 42.0 Å². The number of hydrogen-bond acceptors (Lipinski definition) is 4. The van der Waals surface area contributed by atoms with Crippen LogP contribution in [-0.4, -0.2) is 16.0 Å². The number of halogens is 1. The first-order valence-corrected chi connectivity index (χ1v) is 7.01. The lowest BCUT2D eigenvalue weighted by atomic mass is 10.4. The molecule has 0 aliphatic rings. The number of thioether (sulfide) groups is 1. The van der Waals surface area contributed by atoms with Crippen molar-refractivity contribution in [2.45, 2.75) is 11.8 Å². The molecule has 2 aromatic rings. The number of carbonyl (C=O) groups excluding carboxylic acids is 1. The number of amides is 1. The molecule has 18 heavy (non-hydrogen) atoms. The van der Waals surface area contributed by atoms with Crippen LogP contribution in [0.5, 0.6) is 0 Å². The molecule has 0 atom stereocenters. The smallest absolute Gasteiger partial charge is 0.235 e. The van der Waals surface area contributed by atoms with Gasteiger partial charge in [0.2, 0.25) is 5.91 Å². The monoisotopic (exact) mass is 282 g/mol. The van der Waals surface area contributed by atoms with Gasteiger partial charge in [-0.1, -0.05) is 0 Å². The fourth-order valence-electron chi connectivity index (χ4n) is 1.28. The van der Waals surface area contributed by atoms with E-state index in [2.05, 4.69) is 9.69 Å². The highest BCUT2D eigenvalue weighted by Gasteiger charge is 2.05. The maximum Gasteiger partial charge on any atom is 0.235 e. The van der Waals surface area contributed by atoms with Gasteiger partial charge >= 0.3 is 0 Å². The van der Waals surface area contributed by atoms with Crippen molar-refractivity contribution in [1.82, 2.24) is 4.37 Å². The van der Waals surface area contributed by atoms with Gasteiger partial charge in [0.05, 0.1) is 11.4 Å². The van der Waals surface area contributed by atoms with Gasteiger partial charge in [0.25, 0.3) is 0 Å². The molecule has 3 nitrogen and oxygen atoms in total. The summed E-state index contributed by atoms with van der Waals surface area (Å²) in [5.41, 5.74) is 0.890. The lowest BCUT2D eigenvalue weighted by Crippen LogP contribution is -2.12. The number of aromatic nitrogens is 1. The van der Waals surface area contributed by atoms with Crippen molar-refractivity contribution in [3.63, 3.8) is 0 Å². The van der Waals surface area contributed by atoms with Gasteiger partial charge < -0.3 is 5.32 Å². The van der Waals surface area contributed by atoms with E-state index >= 15 is 0 Å². The van der Waals surface area contributed by atoms with Gasteiger partial charge in [-0.05, 0) is 48.8 Å². The highest BCUT2D eigenvalue weighted by atomic mass is 32.2. The van der Waals surface area contributed by atoms with Crippen molar-refractivity contribution in [1.29, 1.82) is 0 Å². The molecule has 0 bridgehead atoms. The zero-order valence-electron chi connectivity index (χ0n) is 9.64. The van der Waals surface area contributed by atoms with Gasteiger partial charge in [-0.2, -0.15) is 4.37 Å². The van der Waals surface area contributed by atoms with Gasteiger partial charge in [0, 0.05) is 4.90 Å². The molecule has 0 unspecified atom stereocenters. The molecule has 0 fully saturated rings. The summed E-state index contributed by atoms with van der Waals surface area (Å²) in [6.45, 7) is 1.87. The third kappa shape index (κ3) is 3.82. The number of nitrogens with zero attached hydrogens (tertiary/aromatic N) is 1. The molecule has 1 N–H and O–H groups in total. The van der Waals surface area contributed by atoms with E-state index in [0.29, 0.717) is 5.75 Å². The summed E-state index contributed by atoms with van der Waals surface area (Å²) in [7, 11) is 0. The third-order valence-corrected chi connectivity index (χ3v) is 3.88. The molecular weight excluding hydrogens is 271 g/mol. The molecule has 0 spiro atoms. The van der Waals surface area contributed by atoms with Gasteiger partial charge in [-0.15, -0.1) is 11.8 Å². The van der Waals surface area contributed by atoms with Crippen LogP contribution in [0.15, 0.2) is 35.2 Å². The minimum Gasteiger partial charge on any atom is -0.316 e. The molecule has 0 aliphatic carbocycles. The molecule has 2 rings (SSSR count). The number of aryl methyl sites for hydroxylation is 1. The van der Waals surface area contributed by atoms with E-state index in [0.717, 1.165) is 15.6 Å². The van der Waals surface area contributed by atoms with Crippen LogP contribution >= 0.6 is 23.3 Å². The van der Waals surface area contributed by atoms with E-state index < -0.39 is 0 Å². The second kappa shape index (κ2) is 5.97. The molecule has 0 saturated carbocycles. The first-order valence-electron chi connectivity index (χ1n) is 5.25. The van der Waals surface area contributed by atoms with E-state index in [9.17, 15) is 9.18 Å². The molecule has 1 amide bonds. The van der Waals surface area contributed by atoms with E-state index in [4.69, 9.17) is 0 Å².